The van der Waals surface area contributed by atoms with Gasteiger partial charge in [0.15, 0.2) is 5.82 Å². The smallest absolute Gasteiger partial charge is 0.160 e. The van der Waals surface area contributed by atoms with Crippen molar-refractivity contribution in [3.8, 4) is 22.6 Å². The second-order valence-corrected chi connectivity index (χ2v) is 9.68. The minimum Gasteiger partial charge on any atom is -0.228 e. The third-order valence-electron chi connectivity index (χ3n) is 5.67. The Morgan fingerprint density at radius 3 is 2.42 bits per heavy atom. The number of hydrogen-bond acceptors (Lipinski definition) is 3. The first-order chi connectivity index (χ1) is 15.3. The Kier molecular flexibility index (Phi) is 4.52. The van der Waals surface area contributed by atoms with Crippen LogP contribution in [0.15, 0.2) is 91.0 Å². The monoisotopic (exact) mass is 434 g/mol. The van der Waals surface area contributed by atoms with Crippen LogP contribution in [0.25, 0.3) is 53.7 Å². The Bertz CT molecular complexity index is 1570. The van der Waals surface area contributed by atoms with Crippen LogP contribution in [-0.4, -0.2) is 16.6 Å². The second-order valence-electron chi connectivity index (χ2n) is 7.52. The van der Waals surface area contributed by atoms with Gasteiger partial charge in [-0.2, -0.15) is 0 Å². The van der Waals surface area contributed by atoms with E-state index in [4.69, 9.17) is 9.97 Å². The number of nitrogens with zero attached hydrogens (tertiary/aromatic N) is 2. The highest BCUT2D eigenvalue weighted by molar-refractivity contribution is 7.46. The first-order valence-electron chi connectivity index (χ1n) is 10.3. The third kappa shape index (κ3) is 3.13. The molecular formula is C27H19N2PS. The lowest BCUT2D eigenvalue weighted by Crippen LogP contribution is -1.95. The summed E-state index contributed by atoms with van der Waals surface area (Å²) in [6.45, 7) is 2.24. The van der Waals surface area contributed by atoms with Crippen LogP contribution in [0.2, 0.25) is 0 Å². The molecule has 2 heterocycles. The molecule has 0 aliphatic carbocycles. The molecule has 0 radical (unpaired) electrons. The fraction of sp³-hybridized carbons (Fsp3) is 0.0370. The van der Waals surface area contributed by atoms with Gasteiger partial charge in [-0.05, 0) is 36.2 Å². The summed E-state index contributed by atoms with van der Waals surface area (Å²) in [4.78, 5) is 10.00. The third-order valence-corrected chi connectivity index (χ3v) is 7.70. The van der Waals surface area contributed by atoms with Gasteiger partial charge in [0.25, 0.3) is 0 Å². The van der Waals surface area contributed by atoms with Gasteiger partial charge in [-0.3, -0.25) is 0 Å². The average Bonchev–Trinajstić information content (AvgIpc) is 3.22. The molecule has 1 atom stereocenters. The van der Waals surface area contributed by atoms with Crippen LogP contribution < -0.4 is 5.30 Å². The number of benzene rings is 4. The number of para-hydroxylation sites is 1. The van der Waals surface area contributed by atoms with Crippen molar-refractivity contribution in [2.75, 3.05) is 6.66 Å². The molecule has 0 fully saturated rings. The van der Waals surface area contributed by atoms with Crippen LogP contribution in [0.3, 0.4) is 0 Å². The van der Waals surface area contributed by atoms with E-state index in [0.717, 1.165) is 36.6 Å². The van der Waals surface area contributed by atoms with E-state index in [1.54, 1.807) is 0 Å². The summed E-state index contributed by atoms with van der Waals surface area (Å²) in [5.74, 6) is 0.765. The van der Waals surface area contributed by atoms with Crippen molar-refractivity contribution in [2.24, 2.45) is 0 Å². The van der Waals surface area contributed by atoms with Gasteiger partial charge in [-0.25, -0.2) is 9.97 Å². The second kappa shape index (κ2) is 7.53. The largest absolute Gasteiger partial charge is 0.228 e. The zero-order valence-electron chi connectivity index (χ0n) is 17.0. The molecule has 0 bridgehead atoms. The van der Waals surface area contributed by atoms with E-state index in [9.17, 15) is 0 Å². The number of rotatable bonds is 3. The molecule has 1 unspecified atom stereocenters. The van der Waals surface area contributed by atoms with Gasteiger partial charge in [-0.1, -0.05) is 75.3 Å². The minimum atomic E-state index is 0.765. The molecule has 31 heavy (non-hydrogen) atoms. The predicted molar refractivity (Wildman–Crippen MR) is 137 cm³/mol. The lowest BCUT2D eigenvalue weighted by atomic mass is 10.00. The van der Waals surface area contributed by atoms with Gasteiger partial charge in [-0.15, -0.1) is 11.3 Å². The van der Waals surface area contributed by atoms with Crippen LogP contribution in [0.5, 0.6) is 0 Å². The summed E-state index contributed by atoms with van der Waals surface area (Å²) < 4.78 is 2.62. The minimum absolute atomic E-state index is 0.765. The van der Waals surface area contributed by atoms with E-state index >= 15 is 0 Å². The fourth-order valence-electron chi connectivity index (χ4n) is 4.18. The topological polar surface area (TPSA) is 25.8 Å². The summed E-state index contributed by atoms with van der Waals surface area (Å²) in [5, 5.41) is 5.10. The highest BCUT2D eigenvalue weighted by Gasteiger charge is 2.16. The molecule has 4 aromatic carbocycles. The SMILES string of the molecule is CPc1ccc2sc3cccc(-c4nc(-c5ccccc5)nc5ccccc45)c3c2c1. The molecular weight excluding hydrogens is 415 g/mol. The quantitative estimate of drug-likeness (QED) is 0.274. The van der Waals surface area contributed by atoms with E-state index in [-0.39, 0.29) is 0 Å². The maximum absolute atomic E-state index is 5.12. The van der Waals surface area contributed by atoms with Crippen molar-refractivity contribution in [1.82, 2.24) is 9.97 Å². The molecule has 4 heteroatoms. The first kappa shape index (κ1) is 18.6. The maximum Gasteiger partial charge on any atom is 0.160 e. The molecule has 6 rings (SSSR count). The van der Waals surface area contributed by atoms with Crippen LogP contribution in [0.1, 0.15) is 0 Å². The lowest BCUT2D eigenvalue weighted by molar-refractivity contribution is 1.23. The molecule has 0 spiro atoms. The average molecular weight is 435 g/mol. The van der Waals surface area contributed by atoms with E-state index in [1.807, 2.05) is 35.6 Å². The predicted octanol–water partition coefficient (Wildman–Crippen LogP) is 7.27. The fourth-order valence-corrected chi connectivity index (χ4v) is 5.83. The van der Waals surface area contributed by atoms with Crippen molar-refractivity contribution >= 4 is 56.3 Å². The van der Waals surface area contributed by atoms with Crippen LogP contribution >= 0.6 is 19.9 Å². The highest BCUT2D eigenvalue weighted by Crippen LogP contribution is 2.41. The molecule has 0 aliphatic rings. The van der Waals surface area contributed by atoms with Gasteiger partial charge in [0.1, 0.15) is 0 Å². The lowest BCUT2D eigenvalue weighted by Gasteiger charge is -2.11. The summed E-state index contributed by atoms with van der Waals surface area (Å²) in [6.07, 6.45) is 0. The van der Waals surface area contributed by atoms with Crippen LogP contribution in [0, 0.1) is 0 Å². The zero-order chi connectivity index (χ0) is 20.8. The van der Waals surface area contributed by atoms with Crippen molar-refractivity contribution in [3.05, 3.63) is 91.0 Å². The van der Waals surface area contributed by atoms with Gasteiger partial charge >= 0.3 is 0 Å². The Morgan fingerprint density at radius 2 is 1.55 bits per heavy atom. The Labute approximate surface area is 186 Å². The summed E-state index contributed by atoms with van der Waals surface area (Å²) in [6, 6.07) is 32.0. The normalized spacial score (nSPS) is 11.9. The zero-order valence-corrected chi connectivity index (χ0v) is 18.8. The Morgan fingerprint density at radius 1 is 0.710 bits per heavy atom. The van der Waals surface area contributed by atoms with Crippen LogP contribution in [-0.2, 0) is 0 Å². The molecule has 2 aromatic heterocycles. The molecule has 0 saturated heterocycles. The first-order valence-corrected chi connectivity index (χ1v) is 12.6. The van der Waals surface area contributed by atoms with Crippen molar-refractivity contribution in [1.29, 1.82) is 0 Å². The summed E-state index contributed by atoms with van der Waals surface area (Å²) in [7, 11) is 0.783. The summed E-state index contributed by atoms with van der Waals surface area (Å²) in [5.41, 5.74) is 4.18. The van der Waals surface area contributed by atoms with Gasteiger partial charge in [0, 0.05) is 36.7 Å². The van der Waals surface area contributed by atoms with Crippen molar-refractivity contribution in [2.45, 2.75) is 0 Å². The van der Waals surface area contributed by atoms with E-state index in [1.165, 1.54) is 31.0 Å². The number of thiophene rings is 1. The van der Waals surface area contributed by atoms with Gasteiger partial charge in [0.05, 0.1) is 11.2 Å². The van der Waals surface area contributed by atoms with Crippen LogP contribution in [0.4, 0.5) is 0 Å². The summed E-state index contributed by atoms with van der Waals surface area (Å²) >= 11 is 1.86. The van der Waals surface area contributed by atoms with Crippen molar-refractivity contribution < 1.29 is 0 Å². The molecule has 6 aromatic rings. The Balaban J connectivity index is 1.72. The van der Waals surface area contributed by atoms with E-state index in [0.29, 0.717) is 0 Å². The standard InChI is InChI=1S/C27H19N2PS/c1-30-18-14-15-23-21(16-18)25-20(11-7-13-24(25)31-23)26-19-10-5-6-12-22(19)28-27(29-26)17-8-3-2-4-9-17/h2-16,30H,1H3. The van der Waals surface area contributed by atoms with Crippen molar-refractivity contribution in [3.63, 3.8) is 0 Å². The molecule has 0 aliphatic heterocycles. The van der Waals surface area contributed by atoms with E-state index in [2.05, 4.69) is 73.4 Å². The number of aromatic nitrogens is 2. The molecule has 2 nitrogen and oxygen atoms in total. The Hall–Kier alpha value is -3.13. The molecule has 0 saturated carbocycles. The molecule has 0 N–H and O–H groups in total. The van der Waals surface area contributed by atoms with Gasteiger partial charge < -0.3 is 0 Å². The molecule has 148 valence electrons. The highest BCUT2D eigenvalue weighted by atomic mass is 32.1. The van der Waals surface area contributed by atoms with E-state index < -0.39 is 0 Å². The van der Waals surface area contributed by atoms with Gasteiger partial charge in [0.2, 0.25) is 0 Å². The number of hydrogen-bond donors (Lipinski definition) is 0. The maximum atomic E-state index is 5.12. The molecule has 0 amide bonds. The number of fused-ring (bicyclic) bond motifs is 4.